The molecule has 5 nitrogen and oxygen atoms in total. The van der Waals surface area contributed by atoms with Crippen molar-refractivity contribution in [1.29, 1.82) is 0 Å². The second kappa shape index (κ2) is 8.73. The SMILES string of the molecule is CCOc1cc(C2C3=C(CCCC3=O)NC3=C2C(=O)CCC3)cc(I)c1OC(C)C. The highest BCUT2D eigenvalue weighted by Crippen LogP contribution is 2.47. The van der Waals surface area contributed by atoms with Crippen LogP contribution >= 0.6 is 22.6 Å². The minimum absolute atomic E-state index is 0.0194. The standard InChI is InChI=1S/C24H28INO4/c1-4-29-20-12-14(11-15(25)24(20)30-13(2)3)21-22-16(7-5-9-18(22)27)26-17-8-6-10-19(28)23(17)21/h11-13,21,26H,4-10H2,1-3H3. The molecule has 160 valence electrons. The molecule has 4 rings (SSSR count). The Morgan fingerprint density at radius 2 is 1.63 bits per heavy atom. The first-order chi connectivity index (χ1) is 14.4. The Labute approximate surface area is 191 Å². The molecule has 30 heavy (non-hydrogen) atoms. The summed E-state index contributed by atoms with van der Waals surface area (Å²) in [4.78, 5) is 26.0. The number of rotatable bonds is 5. The van der Waals surface area contributed by atoms with E-state index in [1.165, 1.54) is 0 Å². The highest BCUT2D eigenvalue weighted by Gasteiger charge is 2.40. The van der Waals surface area contributed by atoms with Gasteiger partial charge in [-0.1, -0.05) is 0 Å². The lowest BCUT2D eigenvalue weighted by Crippen LogP contribution is -2.36. The number of allylic oxidation sites excluding steroid dienone is 4. The van der Waals surface area contributed by atoms with Gasteiger partial charge in [-0.15, -0.1) is 0 Å². The molecule has 0 aromatic heterocycles. The minimum atomic E-state index is -0.322. The van der Waals surface area contributed by atoms with Gasteiger partial charge >= 0.3 is 0 Å². The molecule has 0 saturated carbocycles. The number of carbonyl (C=O) groups excluding carboxylic acids is 2. The molecule has 0 fully saturated rings. The van der Waals surface area contributed by atoms with Crippen LogP contribution in [0.2, 0.25) is 0 Å². The van der Waals surface area contributed by atoms with E-state index in [0.29, 0.717) is 25.2 Å². The largest absolute Gasteiger partial charge is 0.490 e. The van der Waals surface area contributed by atoms with E-state index >= 15 is 0 Å². The van der Waals surface area contributed by atoms with Gasteiger partial charge in [0.05, 0.1) is 16.3 Å². The van der Waals surface area contributed by atoms with Crippen LogP contribution in [0.25, 0.3) is 0 Å². The van der Waals surface area contributed by atoms with E-state index in [4.69, 9.17) is 9.47 Å². The van der Waals surface area contributed by atoms with Crippen molar-refractivity contribution in [3.63, 3.8) is 0 Å². The first kappa shape index (κ1) is 21.4. The summed E-state index contributed by atoms with van der Waals surface area (Å²) in [5, 5.41) is 3.47. The van der Waals surface area contributed by atoms with Gasteiger partial charge in [-0.05, 0) is 86.7 Å². The molecule has 1 aliphatic heterocycles. The van der Waals surface area contributed by atoms with E-state index in [-0.39, 0.29) is 23.6 Å². The van der Waals surface area contributed by atoms with Crippen molar-refractivity contribution in [3.05, 3.63) is 43.8 Å². The molecule has 0 bridgehead atoms. The van der Waals surface area contributed by atoms with Crippen LogP contribution in [0.1, 0.15) is 70.8 Å². The fourth-order valence-electron chi connectivity index (χ4n) is 4.68. The number of ether oxygens (including phenoxy) is 2. The maximum absolute atomic E-state index is 13.0. The van der Waals surface area contributed by atoms with E-state index in [1.807, 2.05) is 26.8 Å². The zero-order valence-electron chi connectivity index (χ0n) is 17.8. The normalized spacial score (nSPS) is 19.6. The van der Waals surface area contributed by atoms with Crippen LogP contribution in [0.3, 0.4) is 0 Å². The summed E-state index contributed by atoms with van der Waals surface area (Å²) in [7, 11) is 0. The highest BCUT2D eigenvalue weighted by molar-refractivity contribution is 14.1. The molecule has 6 heteroatoms. The van der Waals surface area contributed by atoms with Crippen molar-refractivity contribution in [1.82, 2.24) is 5.32 Å². The molecule has 0 unspecified atom stereocenters. The van der Waals surface area contributed by atoms with Crippen LogP contribution in [0.5, 0.6) is 11.5 Å². The Kier molecular flexibility index (Phi) is 6.23. The van der Waals surface area contributed by atoms with Crippen LogP contribution in [0.4, 0.5) is 0 Å². The Bertz CT molecular complexity index is 918. The fourth-order valence-corrected chi connectivity index (χ4v) is 5.44. The Hall–Kier alpha value is -1.83. The fraction of sp³-hybridized carbons (Fsp3) is 0.500. The summed E-state index contributed by atoms with van der Waals surface area (Å²) < 4.78 is 12.9. The van der Waals surface area contributed by atoms with Crippen molar-refractivity contribution in [3.8, 4) is 11.5 Å². The summed E-state index contributed by atoms with van der Waals surface area (Å²) in [6.07, 6.45) is 4.52. The lowest BCUT2D eigenvalue weighted by molar-refractivity contribution is -0.116. The quantitative estimate of drug-likeness (QED) is 0.542. The van der Waals surface area contributed by atoms with Crippen LogP contribution in [0.15, 0.2) is 34.7 Å². The molecule has 1 aromatic rings. The zero-order chi connectivity index (χ0) is 21.4. The molecular weight excluding hydrogens is 493 g/mol. The average molecular weight is 521 g/mol. The van der Waals surface area contributed by atoms with Crippen molar-refractivity contribution in [2.45, 2.75) is 71.3 Å². The smallest absolute Gasteiger partial charge is 0.174 e. The maximum Gasteiger partial charge on any atom is 0.174 e. The van der Waals surface area contributed by atoms with Crippen LogP contribution in [0, 0.1) is 3.57 Å². The number of nitrogens with one attached hydrogen (secondary N) is 1. The molecule has 1 N–H and O–H groups in total. The predicted molar refractivity (Wildman–Crippen MR) is 124 cm³/mol. The number of hydrogen-bond donors (Lipinski definition) is 1. The summed E-state index contributed by atoms with van der Waals surface area (Å²) in [5.74, 6) is 1.36. The van der Waals surface area contributed by atoms with Crippen molar-refractivity contribution < 1.29 is 19.1 Å². The Balaban J connectivity index is 1.89. The molecular formula is C24H28INO4. The first-order valence-corrected chi connectivity index (χ1v) is 11.9. The van der Waals surface area contributed by atoms with Gasteiger partial charge in [-0.2, -0.15) is 0 Å². The number of benzene rings is 1. The van der Waals surface area contributed by atoms with E-state index in [1.54, 1.807) is 0 Å². The average Bonchev–Trinajstić information content (AvgIpc) is 2.69. The molecule has 3 aliphatic rings. The Morgan fingerprint density at radius 3 is 2.17 bits per heavy atom. The third-order valence-electron chi connectivity index (χ3n) is 5.81. The molecule has 0 radical (unpaired) electrons. The second-order valence-corrected chi connectivity index (χ2v) is 9.49. The van der Waals surface area contributed by atoms with Gasteiger partial charge in [0, 0.05) is 41.3 Å². The molecule has 1 aromatic carbocycles. The lowest BCUT2D eigenvalue weighted by Gasteiger charge is -2.37. The molecule has 2 aliphatic carbocycles. The molecule has 0 atom stereocenters. The van der Waals surface area contributed by atoms with Crippen LogP contribution in [-0.4, -0.2) is 24.3 Å². The van der Waals surface area contributed by atoms with Gasteiger partial charge in [0.15, 0.2) is 23.1 Å². The van der Waals surface area contributed by atoms with Gasteiger partial charge in [-0.3, -0.25) is 9.59 Å². The number of dihydropyridines is 1. The molecule has 0 saturated heterocycles. The van der Waals surface area contributed by atoms with Crippen LogP contribution in [-0.2, 0) is 9.59 Å². The third kappa shape index (κ3) is 3.90. The predicted octanol–water partition coefficient (Wildman–Crippen LogP) is 5.18. The zero-order valence-corrected chi connectivity index (χ0v) is 19.9. The van der Waals surface area contributed by atoms with Crippen molar-refractivity contribution in [2.24, 2.45) is 0 Å². The highest BCUT2D eigenvalue weighted by atomic mass is 127. The number of ketones is 2. The topological polar surface area (TPSA) is 64.6 Å². The van der Waals surface area contributed by atoms with Gasteiger partial charge in [0.2, 0.25) is 0 Å². The second-order valence-electron chi connectivity index (χ2n) is 8.33. The monoisotopic (exact) mass is 521 g/mol. The summed E-state index contributed by atoms with van der Waals surface area (Å²) in [6, 6.07) is 4.02. The van der Waals surface area contributed by atoms with E-state index in [0.717, 1.165) is 63.1 Å². The van der Waals surface area contributed by atoms with Crippen LogP contribution < -0.4 is 14.8 Å². The van der Waals surface area contributed by atoms with Crippen molar-refractivity contribution >= 4 is 34.2 Å². The number of Topliss-reactive ketones (excluding diaryl/α,β-unsaturated/α-hetero) is 2. The third-order valence-corrected chi connectivity index (χ3v) is 6.61. The number of halogens is 1. The lowest BCUT2D eigenvalue weighted by atomic mass is 9.71. The maximum atomic E-state index is 13.0. The van der Waals surface area contributed by atoms with Gasteiger partial charge in [0.1, 0.15) is 0 Å². The number of carbonyl (C=O) groups is 2. The Morgan fingerprint density at radius 1 is 1.03 bits per heavy atom. The molecule has 1 heterocycles. The summed E-state index contributed by atoms with van der Waals surface area (Å²) in [5.41, 5.74) is 4.48. The van der Waals surface area contributed by atoms with E-state index in [9.17, 15) is 9.59 Å². The van der Waals surface area contributed by atoms with Gasteiger partial charge < -0.3 is 14.8 Å². The van der Waals surface area contributed by atoms with Crippen molar-refractivity contribution in [2.75, 3.05) is 6.61 Å². The van der Waals surface area contributed by atoms with Gasteiger partial charge in [-0.25, -0.2) is 0 Å². The number of hydrogen-bond acceptors (Lipinski definition) is 5. The molecule has 0 amide bonds. The van der Waals surface area contributed by atoms with E-state index < -0.39 is 0 Å². The van der Waals surface area contributed by atoms with Gasteiger partial charge in [0.25, 0.3) is 0 Å². The molecule has 0 spiro atoms. The van der Waals surface area contributed by atoms with E-state index in [2.05, 4.69) is 34.0 Å². The minimum Gasteiger partial charge on any atom is -0.490 e. The first-order valence-electron chi connectivity index (χ1n) is 10.8. The summed E-state index contributed by atoms with van der Waals surface area (Å²) >= 11 is 2.26. The summed E-state index contributed by atoms with van der Waals surface area (Å²) in [6.45, 7) is 6.43.